The summed E-state index contributed by atoms with van der Waals surface area (Å²) in [6.07, 6.45) is 2.72. The number of anilines is 1. The lowest BCUT2D eigenvalue weighted by Crippen LogP contribution is -2.31. The first-order chi connectivity index (χ1) is 17.5. The summed E-state index contributed by atoms with van der Waals surface area (Å²) in [5.74, 6) is -0.240. The van der Waals surface area contributed by atoms with Gasteiger partial charge in [-0.05, 0) is 80.5 Å². The number of halogens is 1. The van der Waals surface area contributed by atoms with Crippen molar-refractivity contribution in [1.82, 2.24) is 19.8 Å². The maximum atomic E-state index is 14.8. The highest BCUT2D eigenvalue weighted by atomic mass is 32.1. The zero-order valence-electron chi connectivity index (χ0n) is 20.5. The predicted octanol–water partition coefficient (Wildman–Crippen LogP) is 6.10. The van der Waals surface area contributed by atoms with Crippen molar-refractivity contribution in [1.29, 1.82) is 0 Å². The third kappa shape index (κ3) is 4.71. The number of nitrogens with zero attached hydrogens (tertiary/aromatic N) is 3. The summed E-state index contributed by atoms with van der Waals surface area (Å²) in [6, 6.07) is 25.1. The van der Waals surface area contributed by atoms with Crippen molar-refractivity contribution in [3.8, 4) is 5.69 Å². The van der Waals surface area contributed by atoms with E-state index in [4.69, 9.17) is 12.2 Å². The molecule has 2 N–H and O–H groups in total. The molecule has 7 heteroatoms. The quantitative estimate of drug-likeness (QED) is 0.226. The third-order valence-electron chi connectivity index (χ3n) is 6.76. The first-order valence-corrected chi connectivity index (χ1v) is 12.7. The van der Waals surface area contributed by atoms with Crippen LogP contribution in [-0.2, 0) is 0 Å². The summed E-state index contributed by atoms with van der Waals surface area (Å²) in [5, 5.41) is 7.72. The van der Waals surface area contributed by atoms with Crippen LogP contribution in [0.5, 0.6) is 0 Å². The fourth-order valence-corrected chi connectivity index (χ4v) is 5.45. The zero-order chi connectivity index (χ0) is 25.1. The second kappa shape index (κ2) is 10.5. The van der Waals surface area contributed by atoms with Crippen LogP contribution in [0.2, 0.25) is 0 Å². The Labute approximate surface area is 217 Å². The molecule has 1 aliphatic rings. The van der Waals surface area contributed by atoms with Crippen LogP contribution in [0.1, 0.15) is 41.1 Å². The van der Waals surface area contributed by atoms with Crippen molar-refractivity contribution in [3.05, 3.63) is 114 Å². The summed E-state index contributed by atoms with van der Waals surface area (Å²) < 4.78 is 16.8. The highest BCUT2D eigenvalue weighted by molar-refractivity contribution is 7.80. The highest BCUT2D eigenvalue weighted by Crippen LogP contribution is 2.41. The van der Waals surface area contributed by atoms with Crippen LogP contribution < -0.4 is 10.6 Å². The average Bonchev–Trinajstić information content (AvgIpc) is 3.38. The van der Waals surface area contributed by atoms with Crippen LogP contribution in [0, 0.1) is 19.7 Å². The van der Waals surface area contributed by atoms with Gasteiger partial charge in [-0.1, -0.05) is 36.4 Å². The number of aryl methyl sites for hydroxylation is 1. The molecule has 5 rings (SSSR count). The molecule has 5 nitrogen and oxygen atoms in total. The molecular weight excluding hydrogens is 469 g/mol. The zero-order valence-corrected chi connectivity index (χ0v) is 21.3. The lowest BCUT2D eigenvalue weighted by Gasteiger charge is -2.28. The summed E-state index contributed by atoms with van der Waals surface area (Å²) in [5.41, 5.74) is 5.70. The average molecular weight is 500 g/mol. The van der Waals surface area contributed by atoms with E-state index in [0.29, 0.717) is 10.8 Å². The highest BCUT2D eigenvalue weighted by Gasteiger charge is 2.41. The van der Waals surface area contributed by atoms with E-state index in [0.717, 1.165) is 47.8 Å². The fourth-order valence-electron chi connectivity index (χ4n) is 5.11. The first-order valence-electron chi connectivity index (χ1n) is 12.3. The van der Waals surface area contributed by atoms with Gasteiger partial charge in [-0.15, -0.1) is 0 Å². The van der Waals surface area contributed by atoms with Crippen LogP contribution >= 0.6 is 12.2 Å². The van der Waals surface area contributed by atoms with Gasteiger partial charge in [0.25, 0.3) is 0 Å². The molecule has 0 radical (unpaired) electrons. The van der Waals surface area contributed by atoms with Gasteiger partial charge in [0.05, 0.1) is 23.5 Å². The number of hydrogen-bond acceptors (Lipinski definition) is 3. The topological polar surface area (TPSA) is 45.1 Å². The number of pyridine rings is 1. The van der Waals surface area contributed by atoms with Crippen molar-refractivity contribution in [2.45, 2.75) is 32.4 Å². The normalized spacial score (nSPS) is 17.3. The van der Waals surface area contributed by atoms with Gasteiger partial charge in [-0.2, -0.15) is 0 Å². The van der Waals surface area contributed by atoms with Crippen LogP contribution in [0.15, 0.2) is 85.1 Å². The van der Waals surface area contributed by atoms with Gasteiger partial charge >= 0.3 is 0 Å². The standard InChI is InChI=1S/C29H30FN5S/c1-20-19-23(21(2)35(20)26-15-7-6-13-24(26)30)28-27(25-14-8-9-16-32-25)33-29(36)34(28)18-10-17-31-22-11-4-3-5-12-22/h3-9,11-16,19,27-28,31H,10,17-18H2,1-2H3,(H,33,36)/t27-,28-/m0/s1. The Hall–Kier alpha value is -3.71. The predicted molar refractivity (Wildman–Crippen MR) is 147 cm³/mol. The van der Waals surface area contributed by atoms with Gasteiger partial charge in [0.15, 0.2) is 5.11 Å². The number of rotatable bonds is 8. The molecule has 0 spiro atoms. The Bertz CT molecular complexity index is 1340. The van der Waals surface area contributed by atoms with Gasteiger partial charge < -0.3 is 20.1 Å². The van der Waals surface area contributed by atoms with Crippen molar-refractivity contribution in [3.63, 3.8) is 0 Å². The molecule has 0 bridgehead atoms. The maximum Gasteiger partial charge on any atom is 0.170 e. The van der Waals surface area contributed by atoms with Crippen LogP contribution in [0.4, 0.5) is 10.1 Å². The molecule has 0 saturated carbocycles. The summed E-state index contributed by atoms with van der Waals surface area (Å²) in [4.78, 5) is 6.90. The lowest BCUT2D eigenvalue weighted by molar-refractivity contribution is 0.315. The second-order valence-electron chi connectivity index (χ2n) is 9.08. The Morgan fingerprint density at radius 2 is 1.75 bits per heavy atom. The minimum atomic E-state index is -0.240. The molecule has 0 aliphatic carbocycles. The van der Waals surface area contributed by atoms with E-state index < -0.39 is 0 Å². The number of benzene rings is 2. The third-order valence-corrected chi connectivity index (χ3v) is 7.11. The van der Waals surface area contributed by atoms with Gasteiger partial charge in [0.2, 0.25) is 0 Å². The Kier molecular flexibility index (Phi) is 7.00. The number of thiocarbonyl (C=S) groups is 1. The molecular formula is C29H30FN5S. The van der Waals surface area contributed by atoms with E-state index in [1.54, 1.807) is 6.07 Å². The van der Waals surface area contributed by atoms with Crippen molar-refractivity contribution in [2.24, 2.45) is 0 Å². The summed E-state index contributed by atoms with van der Waals surface area (Å²) >= 11 is 5.83. The van der Waals surface area contributed by atoms with Crippen molar-refractivity contribution in [2.75, 3.05) is 18.4 Å². The van der Waals surface area contributed by atoms with Gasteiger partial charge in [0, 0.05) is 36.4 Å². The minimum Gasteiger partial charge on any atom is -0.385 e. The van der Waals surface area contributed by atoms with E-state index in [2.05, 4.69) is 45.6 Å². The number of aromatic nitrogens is 2. The van der Waals surface area contributed by atoms with Crippen LogP contribution in [0.3, 0.4) is 0 Å². The molecule has 1 aliphatic heterocycles. The van der Waals surface area contributed by atoms with Crippen molar-refractivity contribution >= 4 is 23.0 Å². The molecule has 0 amide bonds. The van der Waals surface area contributed by atoms with Crippen LogP contribution in [0.25, 0.3) is 5.69 Å². The number of para-hydroxylation sites is 2. The van der Waals surface area contributed by atoms with E-state index in [9.17, 15) is 4.39 Å². The molecule has 4 aromatic rings. The molecule has 3 heterocycles. The molecule has 1 saturated heterocycles. The minimum absolute atomic E-state index is 0.0594. The second-order valence-corrected chi connectivity index (χ2v) is 9.47. The lowest BCUT2D eigenvalue weighted by atomic mass is 9.96. The number of nitrogens with one attached hydrogen (secondary N) is 2. The maximum absolute atomic E-state index is 14.8. The van der Waals surface area contributed by atoms with Gasteiger partial charge in [-0.25, -0.2) is 4.39 Å². The van der Waals surface area contributed by atoms with Gasteiger partial charge in [-0.3, -0.25) is 4.98 Å². The van der Waals surface area contributed by atoms with E-state index in [-0.39, 0.29) is 17.9 Å². The summed E-state index contributed by atoms with van der Waals surface area (Å²) in [7, 11) is 0. The molecule has 0 unspecified atom stereocenters. The molecule has 184 valence electrons. The molecule has 2 aromatic heterocycles. The molecule has 2 aromatic carbocycles. The SMILES string of the molecule is Cc1cc([C@H]2[C@H](c3ccccn3)NC(=S)N2CCCNc2ccccc2)c(C)n1-c1ccccc1F. The van der Waals surface area contributed by atoms with E-state index in [1.165, 1.54) is 6.07 Å². The smallest absolute Gasteiger partial charge is 0.170 e. The monoisotopic (exact) mass is 499 g/mol. The molecule has 36 heavy (non-hydrogen) atoms. The Morgan fingerprint density at radius 3 is 2.50 bits per heavy atom. The summed E-state index contributed by atoms with van der Waals surface area (Å²) in [6.45, 7) is 5.69. The number of hydrogen-bond donors (Lipinski definition) is 2. The molecule has 2 atom stereocenters. The molecule has 1 fully saturated rings. The Morgan fingerprint density at radius 1 is 1.00 bits per heavy atom. The van der Waals surface area contributed by atoms with E-state index >= 15 is 0 Å². The van der Waals surface area contributed by atoms with Gasteiger partial charge in [0.1, 0.15) is 5.82 Å². The fraction of sp³-hybridized carbons (Fsp3) is 0.241. The van der Waals surface area contributed by atoms with Crippen LogP contribution in [-0.4, -0.2) is 32.7 Å². The first kappa shape index (κ1) is 24.0. The Balaban J connectivity index is 1.46. The van der Waals surface area contributed by atoms with E-state index in [1.807, 2.05) is 66.2 Å². The largest absolute Gasteiger partial charge is 0.385 e. The van der Waals surface area contributed by atoms with Crippen molar-refractivity contribution < 1.29 is 4.39 Å².